The van der Waals surface area contributed by atoms with Crippen molar-refractivity contribution in [3.8, 4) is 17.0 Å². The van der Waals surface area contributed by atoms with Crippen molar-refractivity contribution in [1.29, 1.82) is 0 Å². The molecule has 1 aromatic heterocycles. The first kappa shape index (κ1) is 12.0. The molecule has 1 heterocycles. The summed E-state index contributed by atoms with van der Waals surface area (Å²) >= 11 is 5.82. The van der Waals surface area contributed by atoms with Crippen LogP contribution in [0.5, 0.6) is 5.75 Å². The van der Waals surface area contributed by atoms with Crippen LogP contribution in [0.4, 0.5) is 0 Å². The van der Waals surface area contributed by atoms with E-state index in [2.05, 4.69) is 36.8 Å². The molecule has 90 valence electrons. The minimum atomic E-state index is 0.389. The minimum Gasteiger partial charge on any atom is -0.496 e. The summed E-state index contributed by atoms with van der Waals surface area (Å²) < 4.78 is 5.51. The zero-order valence-corrected chi connectivity index (χ0v) is 11.1. The topological polar surface area (TPSA) is 37.9 Å². The summed E-state index contributed by atoms with van der Waals surface area (Å²) in [5, 5.41) is 0.389. The Morgan fingerprint density at radius 2 is 1.94 bits per heavy atom. The Balaban J connectivity index is 2.72. The molecule has 0 saturated heterocycles. The van der Waals surface area contributed by atoms with Crippen molar-refractivity contribution >= 4 is 11.6 Å². The van der Waals surface area contributed by atoms with Crippen LogP contribution in [-0.4, -0.2) is 17.1 Å². The standard InChI is InChI=1S/C13H15ClN2O/c1-7-5-8(2)11(12(17-4)9(7)3)10-6-15-13(14)16-10/h5-6H,1-4H3,(H,15,16). The van der Waals surface area contributed by atoms with Gasteiger partial charge in [-0.25, -0.2) is 4.98 Å². The number of aryl methyl sites for hydroxylation is 2. The molecule has 3 nitrogen and oxygen atoms in total. The van der Waals surface area contributed by atoms with Gasteiger partial charge in [-0.1, -0.05) is 6.07 Å². The van der Waals surface area contributed by atoms with Gasteiger partial charge in [0, 0.05) is 5.56 Å². The molecule has 0 aliphatic carbocycles. The Morgan fingerprint density at radius 1 is 1.24 bits per heavy atom. The van der Waals surface area contributed by atoms with E-state index in [4.69, 9.17) is 16.3 Å². The lowest BCUT2D eigenvalue weighted by atomic mass is 9.97. The van der Waals surface area contributed by atoms with E-state index in [0.29, 0.717) is 5.28 Å². The fourth-order valence-electron chi connectivity index (χ4n) is 2.06. The number of methoxy groups -OCH3 is 1. The largest absolute Gasteiger partial charge is 0.496 e. The highest BCUT2D eigenvalue weighted by molar-refractivity contribution is 6.28. The molecule has 17 heavy (non-hydrogen) atoms. The van der Waals surface area contributed by atoms with E-state index in [1.807, 2.05) is 0 Å². The van der Waals surface area contributed by atoms with Gasteiger partial charge in [-0.3, -0.25) is 0 Å². The molecule has 0 radical (unpaired) electrons. The number of rotatable bonds is 2. The molecule has 1 N–H and O–H groups in total. The molecule has 4 heteroatoms. The third-order valence-electron chi connectivity index (χ3n) is 3.00. The van der Waals surface area contributed by atoms with Gasteiger partial charge in [0.05, 0.1) is 19.0 Å². The van der Waals surface area contributed by atoms with Gasteiger partial charge >= 0.3 is 0 Å². The summed E-state index contributed by atoms with van der Waals surface area (Å²) in [7, 11) is 1.68. The van der Waals surface area contributed by atoms with Gasteiger partial charge in [-0.2, -0.15) is 0 Å². The zero-order chi connectivity index (χ0) is 12.6. The molecule has 2 rings (SSSR count). The summed E-state index contributed by atoms with van der Waals surface area (Å²) in [5.41, 5.74) is 5.40. The minimum absolute atomic E-state index is 0.389. The van der Waals surface area contributed by atoms with Crippen molar-refractivity contribution < 1.29 is 4.74 Å². The van der Waals surface area contributed by atoms with E-state index in [1.54, 1.807) is 13.3 Å². The second-order valence-electron chi connectivity index (χ2n) is 4.13. The second kappa shape index (κ2) is 4.41. The first-order chi connectivity index (χ1) is 8.04. The number of hydrogen-bond donors (Lipinski definition) is 1. The van der Waals surface area contributed by atoms with Crippen LogP contribution in [0.1, 0.15) is 16.7 Å². The number of imidazole rings is 1. The Hall–Kier alpha value is -1.48. The normalized spacial score (nSPS) is 10.6. The van der Waals surface area contributed by atoms with Gasteiger partial charge in [0.1, 0.15) is 5.75 Å². The van der Waals surface area contributed by atoms with E-state index < -0.39 is 0 Å². The fourth-order valence-corrected chi connectivity index (χ4v) is 2.22. The van der Waals surface area contributed by atoms with Crippen molar-refractivity contribution in [3.05, 3.63) is 34.2 Å². The molecule has 0 saturated carbocycles. The first-order valence-electron chi connectivity index (χ1n) is 5.40. The quantitative estimate of drug-likeness (QED) is 0.883. The highest BCUT2D eigenvalue weighted by atomic mass is 35.5. The monoisotopic (exact) mass is 250 g/mol. The van der Waals surface area contributed by atoms with Gasteiger partial charge in [0.15, 0.2) is 5.28 Å². The van der Waals surface area contributed by atoms with Crippen molar-refractivity contribution in [2.45, 2.75) is 20.8 Å². The molecule has 0 aliphatic rings. The predicted molar refractivity (Wildman–Crippen MR) is 69.8 cm³/mol. The van der Waals surface area contributed by atoms with E-state index >= 15 is 0 Å². The molecule has 1 aromatic carbocycles. The number of benzene rings is 1. The van der Waals surface area contributed by atoms with E-state index in [-0.39, 0.29) is 0 Å². The summed E-state index contributed by atoms with van der Waals surface area (Å²) in [6.07, 6.45) is 1.72. The number of H-pyrrole nitrogens is 1. The second-order valence-corrected chi connectivity index (χ2v) is 4.49. The lowest BCUT2D eigenvalue weighted by Gasteiger charge is -2.15. The van der Waals surface area contributed by atoms with E-state index in [1.165, 1.54) is 5.56 Å². The maximum absolute atomic E-state index is 5.82. The molecule has 0 bridgehead atoms. The van der Waals surface area contributed by atoms with Gasteiger partial charge in [-0.15, -0.1) is 0 Å². The Morgan fingerprint density at radius 3 is 2.47 bits per heavy atom. The number of aromatic nitrogens is 2. The van der Waals surface area contributed by atoms with Crippen LogP contribution < -0.4 is 4.74 Å². The molecule has 0 aliphatic heterocycles. The Labute approximate surface area is 106 Å². The molecular formula is C13H15ClN2O. The van der Waals surface area contributed by atoms with Crippen LogP contribution in [0.15, 0.2) is 12.3 Å². The Bertz CT molecular complexity index is 561. The number of aromatic amines is 1. The maximum atomic E-state index is 5.82. The van der Waals surface area contributed by atoms with Gasteiger partial charge < -0.3 is 9.72 Å². The van der Waals surface area contributed by atoms with Crippen LogP contribution in [0.3, 0.4) is 0 Å². The van der Waals surface area contributed by atoms with Crippen LogP contribution >= 0.6 is 11.6 Å². The summed E-state index contributed by atoms with van der Waals surface area (Å²) in [6.45, 7) is 6.18. The molecule has 2 aromatic rings. The molecular weight excluding hydrogens is 236 g/mol. The highest BCUT2D eigenvalue weighted by Gasteiger charge is 2.15. The van der Waals surface area contributed by atoms with Gasteiger partial charge in [0.25, 0.3) is 0 Å². The lowest BCUT2D eigenvalue weighted by molar-refractivity contribution is 0.412. The first-order valence-corrected chi connectivity index (χ1v) is 5.78. The van der Waals surface area contributed by atoms with Gasteiger partial charge in [0.2, 0.25) is 0 Å². The lowest BCUT2D eigenvalue weighted by Crippen LogP contribution is -1.97. The summed E-state index contributed by atoms with van der Waals surface area (Å²) in [6, 6.07) is 2.14. The number of ether oxygens (including phenoxy) is 1. The number of hydrogen-bond acceptors (Lipinski definition) is 2. The molecule has 0 unspecified atom stereocenters. The predicted octanol–water partition coefficient (Wildman–Crippen LogP) is 3.66. The zero-order valence-electron chi connectivity index (χ0n) is 10.4. The third-order valence-corrected chi connectivity index (χ3v) is 3.20. The van der Waals surface area contributed by atoms with Crippen molar-refractivity contribution in [3.63, 3.8) is 0 Å². The van der Waals surface area contributed by atoms with Crippen LogP contribution in [0.2, 0.25) is 5.28 Å². The molecule has 0 spiro atoms. The molecule has 0 amide bonds. The van der Waals surface area contributed by atoms with E-state index in [9.17, 15) is 0 Å². The molecule has 0 atom stereocenters. The smallest absolute Gasteiger partial charge is 0.200 e. The number of halogens is 1. The van der Waals surface area contributed by atoms with Crippen LogP contribution in [-0.2, 0) is 0 Å². The maximum Gasteiger partial charge on any atom is 0.200 e. The van der Waals surface area contributed by atoms with Crippen molar-refractivity contribution in [2.75, 3.05) is 7.11 Å². The number of nitrogens with zero attached hydrogens (tertiary/aromatic N) is 1. The third kappa shape index (κ3) is 2.03. The average molecular weight is 251 g/mol. The summed E-state index contributed by atoms with van der Waals surface area (Å²) in [5.74, 6) is 0.878. The molecule has 0 fully saturated rings. The average Bonchev–Trinajstić information content (AvgIpc) is 2.69. The van der Waals surface area contributed by atoms with E-state index in [0.717, 1.165) is 28.1 Å². The number of nitrogens with one attached hydrogen (secondary N) is 1. The van der Waals surface area contributed by atoms with Crippen LogP contribution in [0.25, 0.3) is 11.3 Å². The van der Waals surface area contributed by atoms with Gasteiger partial charge in [-0.05, 0) is 49.1 Å². The highest BCUT2D eigenvalue weighted by Crippen LogP contribution is 2.36. The Kier molecular flexibility index (Phi) is 3.11. The van der Waals surface area contributed by atoms with Crippen molar-refractivity contribution in [1.82, 2.24) is 9.97 Å². The van der Waals surface area contributed by atoms with Crippen molar-refractivity contribution in [2.24, 2.45) is 0 Å². The fraction of sp³-hybridized carbons (Fsp3) is 0.308. The van der Waals surface area contributed by atoms with Crippen LogP contribution in [0, 0.1) is 20.8 Å². The summed E-state index contributed by atoms with van der Waals surface area (Å²) in [4.78, 5) is 7.04. The SMILES string of the molecule is COc1c(C)c(C)cc(C)c1-c1cnc(Cl)[nH]1.